The first-order valence-corrected chi connectivity index (χ1v) is 8.12. The van der Waals surface area contributed by atoms with Crippen LogP contribution in [0.4, 0.5) is 0 Å². The molecule has 2 heteroatoms. The third-order valence-electron chi connectivity index (χ3n) is 5.29. The molecule has 1 aliphatic heterocycles. The normalized spacial score (nSPS) is 38.8. The maximum atomic E-state index is 3.56. The van der Waals surface area contributed by atoms with Gasteiger partial charge in [-0.3, -0.25) is 0 Å². The van der Waals surface area contributed by atoms with Crippen LogP contribution in [0.2, 0.25) is 0 Å². The van der Waals surface area contributed by atoms with Gasteiger partial charge in [0.25, 0.3) is 0 Å². The first kappa shape index (κ1) is 14.3. The molecule has 0 aromatic rings. The van der Waals surface area contributed by atoms with E-state index in [0.717, 1.165) is 23.8 Å². The van der Waals surface area contributed by atoms with Gasteiger partial charge in [-0.1, -0.05) is 20.3 Å². The smallest absolute Gasteiger partial charge is 0.0105 e. The Bertz CT molecular complexity index is 241. The van der Waals surface area contributed by atoms with Crippen LogP contribution in [0.25, 0.3) is 0 Å². The fraction of sp³-hybridized carbons (Fsp3) is 1.00. The Hall–Kier alpha value is -0.0800. The molecule has 0 bridgehead atoms. The highest BCUT2D eigenvalue weighted by molar-refractivity contribution is 4.86. The van der Waals surface area contributed by atoms with Gasteiger partial charge in [0.05, 0.1) is 0 Å². The first-order valence-electron chi connectivity index (χ1n) is 8.12. The Morgan fingerprint density at radius 3 is 2.78 bits per heavy atom. The highest BCUT2D eigenvalue weighted by Crippen LogP contribution is 2.30. The standard InChI is InChI=1S/C16H32N2/c1-4-14-6-5-9-18(11-14)12-15-10-13(2)7-8-16(15)17-3/h13-17H,4-12H2,1-3H3. The second-order valence-electron chi connectivity index (χ2n) is 6.75. The summed E-state index contributed by atoms with van der Waals surface area (Å²) >= 11 is 0. The molecule has 0 radical (unpaired) electrons. The van der Waals surface area contributed by atoms with Crippen LogP contribution in [0.5, 0.6) is 0 Å². The summed E-state index contributed by atoms with van der Waals surface area (Å²) in [4.78, 5) is 2.75. The van der Waals surface area contributed by atoms with E-state index in [9.17, 15) is 0 Å². The molecule has 1 saturated heterocycles. The average molecular weight is 252 g/mol. The third kappa shape index (κ3) is 3.71. The largest absolute Gasteiger partial charge is 0.317 e. The van der Waals surface area contributed by atoms with Gasteiger partial charge >= 0.3 is 0 Å². The molecular weight excluding hydrogens is 220 g/mol. The van der Waals surface area contributed by atoms with Crippen LogP contribution in [0.1, 0.15) is 52.4 Å². The van der Waals surface area contributed by atoms with Crippen LogP contribution in [-0.2, 0) is 0 Å². The zero-order valence-corrected chi connectivity index (χ0v) is 12.6. The molecule has 1 saturated carbocycles. The average Bonchev–Trinajstić information content (AvgIpc) is 2.39. The molecule has 1 heterocycles. The zero-order valence-electron chi connectivity index (χ0n) is 12.6. The molecule has 0 aromatic heterocycles. The van der Waals surface area contributed by atoms with Crippen LogP contribution in [0.15, 0.2) is 0 Å². The van der Waals surface area contributed by atoms with Crippen molar-refractivity contribution in [2.45, 2.75) is 58.4 Å². The van der Waals surface area contributed by atoms with Gasteiger partial charge in [-0.25, -0.2) is 0 Å². The number of hydrogen-bond acceptors (Lipinski definition) is 2. The second kappa shape index (κ2) is 6.91. The van der Waals surface area contributed by atoms with E-state index in [1.54, 1.807) is 0 Å². The lowest BCUT2D eigenvalue weighted by atomic mass is 9.78. The van der Waals surface area contributed by atoms with E-state index < -0.39 is 0 Å². The molecule has 2 rings (SSSR count). The minimum Gasteiger partial charge on any atom is -0.317 e. The highest BCUT2D eigenvalue weighted by Gasteiger charge is 2.30. The van der Waals surface area contributed by atoms with Gasteiger partial charge in [-0.2, -0.15) is 0 Å². The number of nitrogens with one attached hydrogen (secondary N) is 1. The van der Waals surface area contributed by atoms with Gasteiger partial charge < -0.3 is 10.2 Å². The summed E-state index contributed by atoms with van der Waals surface area (Å²) in [6, 6.07) is 0.767. The fourth-order valence-corrected chi connectivity index (χ4v) is 4.06. The Balaban J connectivity index is 1.85. The van der Waals surface area contributed by atoms with Crippen LogP contribution in [-0.4, -0.2) is 37.6 Å². The molecule has 2 aliphatic rings. The van der Waals surface area contributed by atoms with E-state index in [2.05, 4.69) is 31.1 Å². The lowest BCUT2D eigenvalue weighted by Gasteiger charge is -2.40. The minimum absolute atomic E-state index is 0.767. The van der Waals surface area contributed by atoms with Crippen LogP contribution < -0.4 is 5.32 Å². The zero-order chi connectivity index (χ0) is 13.0. The highest BCUT2D eigenvalue weighted by atomic mass is 15.1. The van der Waals surface area contributed by atoms with Gasteiger partial charge in [0.15, 0.2) is 0 Å². The number of nitrogens with zero attached hydrogens (tertiary/aromatic N) is 1. The van der Waals surface area contributed by atoms with Crippen molar-refractivity contribution < 1.29 is 0 Å². The molecule has 2 fully saturated rings. The van der Waals surface area contributed by atoms with Crippen LogP contribution in [0, 0.1) is 17.8 Å². The topological polar surface area (TPSA) is 15.3 Å². The van der Waals surface area contributed by atoms with E-state index in [-0.39, 0.29) is 0 Å². The van der Waals surface area contributed by atoms with Crippen molar-refractivity contribution >= 4 is 0 Å². The van der Waals surface area contributed by atoms with Gasteiger partial charge in [0.2, 0.25) is 0 Å². The van der Waals surface area contributed by atoms with Crippen molar-refractivity contribution in [1.82, 2.24) is 10.2 Å². The van der Waals surface area contributed by atoms with E-state index in [0.29, 0.717) is 0 Å². The predicted molar refractivity (Wildman–Crippen MR) is 78.8 cm³/mol. The van der Waals surface area contributed by atoms with Crippen LogP contribution in [0.3, 0.4) is 0 Å². The van der Waals surface area contributed by atoms with E-state index >= 15 is 0 Å². The van der Waals surface area contributed by atoms with Crippen molar-refractivity contribution in [2.24, 2.45) is 17.8 Å². The maximum Gasteiger partial charge on any atom is 0.0105 e. The number of rotatable bonds is 4. The summed E-state index contributed by atoms with van der Waals surface area (Å²) in [5.74, 6) is 2.79. The van der Waals surface area contributed by atoms with Crippen LogP contribution >= 0.6 is 0 Å². The number of hydrogen-bond donors (Lipinski definition) is 1. The SMILES string of the molecule is CCC1CCCN(CC2CC(C)CCC2NC)C1. The summed E-state index contributed by atoms with van der Waals surface area (Å²) in [6.45, 7) is 8.83. The predicted octanol–water partition coefficient (Wildman–Crippen LogP) is 3.13. The maximum absolute atomic E-state index is 3.56. The second-order valence-corrected chi connectivity index (χ2v) is 6.75. The molecule has 4 unspecified atom stereocenters. The summed E-state index contributed by atoms with van der Waals surface area (Å²) < 4.78 is 0. The molecule has 2 nitrogen and oxygen atoms in total. The van der Waals surface area contributed by atoms with E-state index in [1.165, 1.54) is 58.2 Å². The molecule has 1 N–H and O–H groups in total. The van der Waals surface area contributed by atoms with Crippen molar-refractivity contribution in [3.05, 3.63) is 0 Å². The summed E-state index contributed by atoms with van der Waals surface area (Å²) in [6.07, 6.45) is 8.48. The van der Waals surface area contributed by atoms with Crippen molar-refractivity contribution in [2.75, 3.05) is 26.7 Å². The van der Waals surface area contributed by atoms with Gasteiger partial charge in [0.1, 0.15) is 0 Å². The molecule has 0 aromatic carbocycles. The Labute approximate surface area is 114 Å². The lowest BCUT2D eigenvalue weighted by molar-refractivity contribution is 0.109. The van der Waals surface area contributed by atoms with Crippen molar-refractivity contribution in [3.8, 4) is 0 Å². The molecule has 4 atom stereocenters. The number of likely N-dealkylation sites (tertiary alicyclic amines) is 1. The molecule has 106 valence electrons. The van der Waals surface area contributed by atoms with E-state index in [4.69, 9.17) is 0 Å². The van der Waals surface area contributed by atoms with Crippen molar-refractivity contribution in [3.63, 3.8) is 0 Å². The summed E-state index contributed by atoms with van der Waals surface area (Å²) in [7, 11) is 2.15. The van der Waals surface area contributed by atoms with E-state index in [1.807, 2.05) is 0 Å². The first-order chi connectivity index (χ1) is 8.72. The third-order valence-corrected chi connectivity index (χ3v) is 5.29. The monoisotopic (exact) mass is 252 g/mol. The Kier molecular flexibility index (Phi) is 5.50. The number of piperidine rings is 1. The Morgan fingerprint density at radius 1 is 1.22 bits per heavy atom. The summed E-state index contributed by atoms with van der Waals surface area (Å²) in [5.41, 5.74) is 0. The molecule has 18 heavy (non-hydrogen) atoms. The van der Waals surface area contributed by atoms with Gasteiger partial charge in [0, 0.05) is 19.1 Å². The minimum atomic E-state index is 0.767. The molecule has 1 aliphatic carbocycles. The Morgan fingerprint density at radius 2 is 2.06 bits per heavy atom. The lowest BCUT2D eigenvalue weighted by Crippen LogP contribution is -2.46. The summed E-state index contributed by atoms with van der Waals surface area (Å²) in [5, 5.41) is 3.56. The fourth-order valence-electron chi connectivity index (χ4n) is 4.06. The quantitative estimate of drug-likeness (QED) is 0.827. The van der Waals surface area contributed by atoms with Gasteiger partial charge in [-0.05, 0) is 63.5 Å². The molecule has 0 spiro atoms. The molecular formula is C16H32N2. The van der Waals surface area contributed by atoms with Gasteiger partial charge in [-0.15, -0.1) is 0 Å². The molecule has 0 amide bonds. The van der Waals surface area contributed by atoms with Crippen molar-refractivity contribution in [1.29, 1.82) is 0 Å².